The van der Waals surface area contributed by atoms with E-state index in [0.717, 1.165) is 6.07 Å². The van der Waals surface area contributed by atoms with Crippen molar-refractivity contribution in [2.75, 3.05) is 30.9 Å². The number of carbonyl (C=O) groups excluding carboxylic acids is 1. The van der Waals surface area contributed by atoms with E-state index in [1.54, 1.807) is 39.8 Å². The summed E-state index contributed by atoms with van der Waals surface area (Å²) < 4.78 is 34.7. The largest absolute Gasteiger partial charge is 0.443 e. The molecule has 28 heavy (non-hydrogen) atoms. The molecule has 1 aromatic heterocycles. The van der Waals surface area contributed by atoms with Crippen LogP contribution in [0.25, 0.3) is 11.1 Å². The summed E-state index contributed by atoms with van der Waals surface area (Å²) in [5, 5.41) is 0.335. The first-order valence-electron chi connectivity index (χ1n) is 8.75. The molecule has 0 aliphatic heterocycles. The van der Waals surface area contributed by atoms with Gasteiger partial charge in [-0.2, -0.15) is 0 Å². The number of carbonyl (C=O) groups is 1. The molecule has 2 aromatic rings. The van der Waals surface area contributed by atoms with Crippen LogP contribution >= 0.6 is 11.6 Å². The van der Waals surface area contributed by atoms with Crippen molar-refractivity contribution in [3.05, 3.63) is 40.2 Å². The van der Waals surface area contributed by atoms with Gasteiger partial charge in [-0.25, -0.2) is 13.6 Å². The molecule has 0 fully saturated rings. The quantitative estimate of drug-likeness (QED) is 0.596. The van der Waals surface area contributed by atoms with Crippen molar-refractivity contribution < 1.29 is 18.3 Å². The Balaban J connectivity index is 2.21. The van der Waals surface area contributed by atoms with Gasteiger partial charge >= 0.3 is 6.09 Å². The number of benzene rings is 1. The van der Waals surface area contributed by atoms with Gasteiger partial charge in [0.05, 0.1) is 22.1 Å². The van der Waals surface area contributed by atoms with Gasteiger partial charge in [0.25, 0.3) is 0 Å². The van der Waals surface area contributed by atoms with Gasteiger partial charge in [0.2, 0.25) is 0 Å². The maximum absolute atomic E-state index is 14.9. The van der Waals surface area contributed by atoms with Gasteiger partial charge in [-0.3, -0.25) is 9.88 Å². The summed E-state index contributed by atoms with van der Waals surface area (Å²) in [4.78, 5) is 19.7. The number of hydrogen-bond acceptors (Lipinski definition) is 4. The molecule has 1 aliphatic carbocycles. The molecule has 0 N–H and O–H groups in total. The molecule has 0 atom stereocenters. The lowest BCUT2D eigenvalue weighted by Gasteiger charge is -2.26. The highest BCUT2D eigenvalue weighted by Crippen LogP contribution is 2.49. The van der Waals surface area contributed by atoms with Crippen LogP contribution in [0.2, 0.25) is 5.02 Å². The number of ether oxygens (including phenoxy) is 1. The van der Waals surface area contributed by atoms with Crippen molar-refractivity contribution in [1.29, 1.82) is 0 Å². The zero-order chi connectivity index (χ0) is 21.0. The molecule has 1 aromatic carbocycles. The average molecular weight is 410 g/mol. The lowest BCUT2D eigenvalue weighted by Crippen LogP contribution is -2.34. The van der Waals surface area contributed by atoms with E-state index < -0.39 is 23.3 Å². The first-order valence-corrected chi connectivity index (χ1v) is 9.12. The minimum atomic E-state index is -1.05. The minimum Gasteiger partial charge on any atom is -0.443 e. The second-order valence-corrected chi connectivity index (χ2v) is 8.34. The summed E-state index contributed by atoms with van der Waals surface area (Å²) in [7, 11) is 5.01. The number of hydrogen-bond donors (Lipinski definition) is 0. The fraction of sp³-hybridized carbons (Fsp3) is 0.400. The molecule has 5 nitrogen and oxygen atoms in total. The van der Waals surface area contributed by atoms with Crippen LogP contribution in [0.1, 0.15) is 32.0 Å². The zero-order valence-corrected chi connectivity index (χ0v) is 17.4. The second kappa shape index (κ2) is 6.88. The highest BCUT2D eigenvalue weighted by molar-refractivity contribution is 6.34. The summed E-state index contributed by atoms with van der Waals surface area (Å²) >= 11 is 6.28. The third kappa shape index (κ3) is 3.39. The van der Waals surface area contributed by atoms with E-state index in [4.69, 9.17) is 16.3 Å². The number of rotatable bonds is 2. The Kier molecular flexibility index (Phi) is 5.00. The second-order valence-electron chi connectivity index (χ2n) is 7.93. The van der Waals surface area contributed by atoms with Crippen molar-refractivity contribution in [3.8, 4) is 11.1 Å². The number of anilines is 2. The maximum atomic E-state index is 14.9. The summed E-state index contributed by atoms with van der Waals surface area (Å²) in [5.41, 5.74) is 1.65. The summed E-state index contributed by atoms with van der Waals surface area (Å²) in [6.07, 6.45) is 1.09. The Hall–Kier alpha value is -2.41. The van der Waals surface area contributed by atoms with E-state index in [9.17, 15) is 13.6 Å². The highest BCUT2D eigenvalue weighted by atomic mass is 35.5. The molecule has 0 unspecified atom stereocenters. The van der Waals surface area contributed by atoms with Gasteiger partial charge in [-0.1, -0.05) is 11.6 Å². The van der Waals surface area contributed by atoms with E-state index in [0.29, 0.717) is 27.5 Å². The van der Waals surface area contributed by atoms with Crippen LogP contribution in [0.15, 0.2) is 12.3 Å². The smallest absolute Gasteiger partial charge is 0.414 e. The van der Waals surface area contributed by atoms with Crippen LogP contribution < -0.4 is 9.80 Å². The predicted octanol–water partition coefficient (Wildman–Crippen LogP) is 5.02. The van der Waals surface area contributed by atoms with Crippen molar-refractivity contribution in [2.24, 2.45) is 0 Å². The molecule has 0 spiro atoms. The Morgan fingerprint density at radius 3 is 2.43 bits per heavy atom. The number of pyridine rings is 1. The summed E-state index contributed by atoms with van der Waals surface area (Å²) in [6, 6.07) is 1.01. The summed E-state index contributed by atoms with van der Waals surface area (Å²) in [5.74, 6) is -2.04. The molecule has 0 bridgehead atoms. The number of aromatic nitrogens is 1. The van der Waals surface area contributed by atoms with Gasteiger partial charge in [-0.05, 0) is 26.3 Å². The normalized spacial score (nSPS) is 12.5. The lowest BCUT2D eigenvalue weighted by molar-refractivity contribution is 0.0589. The van der Waals surface area contributed by atoms with E-state index >= 15 is 0 Å². The fourth-order valence-electron chi connectivity index (χ4n) is 3.34. The van der Waals surface area contributed by atoms with E-state index in [-0.39, 0.29) is 17.7 Å². The standard InChI is InChI=1S/C20H22ClF2N3O2/c1-20(2,3)28-19(27)26(6)14-8-12(22)17(23)15-10(14)7-13-16(15)18(25(4)5)11(21)9-24-13/h8-9H,7H2,1-6H3. The van der Waals surface area contributed by atoms with Gasteiger partial charge < -0.3 is 9.64 Å². The topological polar surface area (TPSA) is 45.7 Å². The molecule has 1 heterocycles. The number of fused-ring (bicyclic) bond motifs is 3. The Labute approximate surface area is 167 Å². The van der Waals surface area contributed by atoms with E-state index in [2.05, 4.69) is 4.98 Å². The van der Waals surface area contributed by atoms with Crippen molar-refractivity contribution in [3.63, 3.8) is 0 Å². The van der Waals surface area contributed by atoms with Crippen LogP contribution in [0.3, 0.4) is 0 Å². The SMILES string of the molecule is CN(C)c1c(Cl)cnc2c1-c1c(F)c(F)cc(N(C)C(=O)OC(C)(C)C)c1C2. The molecule has 1 aliphatic rings. The maximum Gasteiger partial charge on any atom is 0.414 e. The number of amides is 1. The van der Waals surface area contributed by atoms with Crippen LogP contribution in [0, 0.1) is 11.6 Å². The Morgan fingerprint density at radius 2 is 1.86 bits per heavy atom. The molecule has 0 radical (unpaired) electrons. The molecular formula is C20H22ClF2N3O2. The van der Waals surface area contributed by atoms with Gasteiger partial charge in [-0.15, -0.1) is 0 Å². The van der Waals surface area contributed by atoms with Gasteiger partial charge in [0.15, 0.2) is 11.6 Å². The van der Waals surface area contributed by atoms with Crippen LogP contribution in [0.5, 0.6) is 0 Å². The first kappa shape index (κ1) is 20.3. The van der Waals surface area contributed by atoms with E-state index in [1.807, 2.05) is 0 Å². The Bertz CT molecular complexity index is 971. The monoisotopic (exact) mass is 409 g/mol. The molecule has 3 rings (SSSR count). The average Bonchev–Trinajstić information content (AvgIpc) is 2.95. The molecule has 0 saturated carbocycles. The van der Waals surface area contributed by atoms with Crippen LogP contribution in [0.4, 0.5) is 25.0 Å². The van der Waals surface area contributed by atoms with Crippen LogP contribution in [-0.2, 0) is 11.2 Å². The fourth-order valence-corrected chi connectivity index (χ4v) is 3.65. The first-order chi connectivity index (χ1) is 12.9. The molecule has 1 amide bonds. The molecule has 8 heteroatoms. The van der Waals surface area contributed by atoms with Crippen molar-refractivity contribution in [2.45, 2.75) is 32.8 Å². The Morgan fingerprint density at radius 1 is 1.21 bits per heavy atom. The molecule has 150 valence electrons. The van der Waals surface area contributed by atoms with Gasteiger partial charge in [0.1, 0.15) is 5.60 Å². The van der Waals surface area contributed by atoms with Crippen molar-refractivity contribution >= 4 is 29.1 Å². The summed E-state index contributed by atoms with van der Waals surface area (Å²) in [6.45, 7) is 5.21. The number of halogens is 3. The lowest BCUT2D eigenvalue weighted by atomic mass is 10.0. The third-order valence-corrected chi connectivity index (χ3v) is 4.74. The molecular weight excluding hydrogens is 388 g/mol. The van der Waals surface area contributed by atoms with Gasteiger partial charge in [0, 0.05) is 51.0 Å². The highest BCUT2D eigenvalue weighted by Gasteiger charge is 2.34. The predicted molar refractivity (Wildman–Crippen MR) is 106 cm³/mol. The van der Waals surface area contributed by atoms with E-state index in [1.165, 1.54) is 18.1 Å². The number of nitrogens with zero attached hydrogens (tertiary/aromatic N) is 3. The third-order valence-electron chi connectivity index (χ3n) is 4.46. The molecule has 0 saturated heterocycles. The zero-order valence-electron chi connectivity index (χ0n) is 16.7. The van der Waals surface area contributed by atoms with Crippen molar-refractivity contribution in [1.82, 2.24) is 4.98 Å². The van der Waals surface area contributed by atoms with Crippen LogP contribution in [-0.4, -0.2) is 37.8 Å². The minimum absolute atomic E-state index is 0.0825.